The second-order valence-electron chi connectivity index (χ2n) is 6.19. The number of hydrogen-bond donors (Lipinski definition) is 0. The Kier molecular flexibility index (Phi) is 2.72. The Morgan fingerprint density at radius 1 is 1.33 bits per heavy atom. The maximum absolute atomic E-state index is 12.0. The molecule has 1 aliphatic heterocycles. The standard InChI is InChI=1S/C14H22O4/c1-9-13(2)5-4-10(8-11(13)12(15)16-3)14(9)17-6-7-18-14/h9-11H,4-8H2,1-3H3/t9-,10+,11-,13+/m0/s1. The Balaban J connectivity index is 1.95. The van der Waals surface area contributed by atoms with Gasteiger partial charge in [-0.15, -0.1) is 0 Å². The van der Waals surface area contributed by atoms with Crippen LogP contribution in [0.3, 0.4) is 0 Å². The summed E-state index contributed by atoms with van der Waals surface area (Å²) in [7, 11) is 1.48. The fourth-order valence-corrected chi connectivity index (χ4v) is 4.47. The Morgan fingerprint density at radius 2 is 2.00 bits per heavy atom. The average Bonchev–Trinajstić information content (AvgIpc) is 2.85. The predicted octanol–water partition coefficient (Wildman–Crippen LogP) is 1.97. The second kappa shape index (κ2) is 3.94. The van der Waals surface area contributed by atoms with Gasteiger partial charge in [-0.05, 0) is 24.7 Å². The van der Waals surface area contributed by atoms with Crippen LogP contribution in [0.2, 0.25) is 0 Å². The highest BCUT2D eigenvalue weighted by molar-refractivity contribution is 5.73. The molecule has 4 heteroatoms. The first kappa shape index (κ1) is 12.4. The maximum atomic E-state index is 12.0. The molecule has 1 saturated heterocycles. The molecule has 18 heavy (non-hydrogen) atoms. The van der Waals surface area contributed by atoms with E-state index in [-0.39, 0.29) is 23.2 Å². The van der Waals surface area contributed by atoms with Gasteiger partial charge in [0.15, 0.2) is 5.79 Å². The monoisotopic (exact) mass is 254 g/mol. The number of carbonyl (C=O) groups excluding carboxylic acids is 1. The van der Waals surface area contributed by atoms with Gasteiger partial charge in [0.05, 0.1) is 26.2 Å². The van der Waals surface area contributed by atoms with Crippen molar-refractivity contribution >= 4 is 5.97 Å². The second-order valence-corrected chi connectivity index (χ2v) is 6.19. The van der Waals surface area contributed by atoms with Crippen LogP contribution >= 0.6 is 0 Å². The molecule has 0 aromatic carbocycles. The summed E-state index contributed by atoms with van der Waals surface area (Å²) in [6.45, 7) is 5.73. The van der Waals surface area contributed by atoms with Crippen molar-refractivity contribution in [3.05, 3.63) is 0 Å². The van der Waals surface area contributed by atoms with Crippen LogP contribution in [-0.4, -0.2) is 32.1 Å². The largest absolute Gasteiger partial charge is 0.469 e. The van der Waals surface area contributed by atoms with Crippen molar-refractivity contribution in [3.8, 4) is 0 Å². The van der Waals surface area contributed by atoms with Crippen molar-refractivity contribution < 1.29 is 19.0 Å². The molecule has 4 aliphatic rings. The molecule has 4 fully saturated rings. The first-order valence-corrected chi connectivity index (χ1v) is 6.90. The lowest BCUT2D eigenvalue weighted by atomic mass is 9.49. The van der Waals surface area contributed by atoms with Gasteiger partial charge in [-0.25, -0.2) is 0 Å². The smallest absolute Gasteiger partial charge is 0.309 e. The molecule has 0 aromatic rings. The molecule has 3 aliphatic carbocycles. The van der Waals surface area contributed by atoms with Gasteiger partial charge in [0.25, 0.3) is 0 Å². The molecule has 0 unspecified atom stereocenters. The molecule has 4 atom stereocenters. The normalized spacial score (nSPS) is 45.4. The number of rotatable bonds is 1. The van der Waals surface area contributed by atoms with E-state index in [0.29, 0.717) is 19.1 Å². The summed E-state index contributed by atoms with van der Waals surface area (Å²) in [4.78, 5) is 12.0. The summed E-state index contributed by atoms with van der Waals surface area (Å²) in [5.41, 5.74) is -0.0633. The highest BCUT2D eigenvalue weighted by atomic mass is 16.7. The molecule has 0 radical (unpaired) electrons. The Bertz CT molecular complexity index is 361. The van der Waals surface area contributed by atoms with Crippen LogP contribution in [-0.2, 0) is 19.0 Å². The molecule has 3 saturated carbocycles. The van der Waals surface area contributed by atoms with E-state index in [0.717, 1.165) is 19.3 Å². The van der Waals surface area contributed by atoms with Gasteiger partial charge in [-0.3, -0.25) is 4.79 Å². The van der Waals surface area contributed by atoms with Crippen LogP contribution in [0.25, 0.3) is 0 Å². The molecule has 102 valence electrons. The number of esters is 1. The first-order valence-electron chi connectivity index (χ1n) is 6.90. The van der Waals surface area contributed by atoms with Crippen LogP contribution in [0.1, 0.15) is 33.1 Å². The van der Waals surface area contributed by atoms with Crippen molar-refractivity contribution in [1.82, 2.24) is 0 Å². The fourth-order valence-electron chi connectivity index (χ4n) is 4.47. The number of ether oxygens (including phenoxy) is 3. The summed E-state index contributed by atoms with van der Waals surface area (Å²) in [6.07, 6.45) is 2.99. The minimum Gasteiger partial charge on any atom is -0.469 e. The van der Waals surface area contributed by atoms with Crippen LogP contribution in [0.5, 0.6) is 0 Å². The van der Waals surface area contributed by atoms with Gasteiger partial charge in [0, 0.05) is 11.8 Å². The Hall–Kier alpha value is -0.610. The van der Waals surface area contributed by atoms with Gasteiger partial charge in [0.1, 0.15) is 0 Å². The van der Waals surface area contributed by atoms with Gasteiger partial charge in [-0.2, -0.15) is 0 Å². The van der Waals surface area contributed by atoms with E-state index in [4.69, 9.17) is 14.2 Å². The summed E-state index contributed by atoms with van der Waals surface area (Å²) in [5, 5.41) is 0. The molecule has 1 spiro atoms. The molecule has 0 N–H and O–H groups in total. The fraction of sp³-hybridized carbons (Fsp3) is 0.929. The Labute approximate surface area is 108 Å². The third-order valence-corrected chi connectivity index (χ3v) is 5.73. The first-order chi connectivity index (χ1) is 8.54. The minimum absolute atomic E-state index is 0.00493. The number of hydrogen-bond acceptors (Lipinski definition) is 4. The van der Waals surface area contributed by atoms with Gasteiger partial charge >= 0.3 is 5.97 Å². The quantitative estimate of drug-likeness (QED) is 0.671. The number of fused-ring (bicyclic) bond motifs is 2. The average molecular weight is 254 g/mol. The van der Waals surface area contributed by atoms with Gasteiger partial charge < -0.3 is 14.2 Å². The summed E-state index contributed by atoms with van der Waals surface area (Å²) < 4.78 is 16.9. The van der Waals surface area contributed by atoms with Gasteiger partial charge in [-0.1, -0.05) is 13.8 Å². The molecule has 4 rings (SSSR count). The van der Waals surface area contributed by atoms with E-state index >= 15 is 0 Å². The summed E-state index contributed by atoms with van der Waals surface area (Å²) in [6, 6.07) is 0. The minimum atomic E-state index is -0.433. The van der Waals surface area contributed by atoms with E-state index in [1.165, 1.54) is 7.11 Å². The van der Waals surface area contributed by atoms with Crippen molar-refractivity contribution in [2.24, 2.45) is 23.2 Å². The molecule has 0 aromatic heterocycles. The summed E-state index contributed by atoms with van der Waals surface area (Å²) >= 11 is 0. The SMILES string of the molecule is COC(=O)[C@@H]1C[C@H]2CC[C@]1(C)[C@H](C)C21OCCO1. The zero-order valence-corrected chi connectivity index (χ0v) is 11.4. The zero-order valence-electron chi connectivity index (χ0n) is 11.4. The van der Waals surface area contributed by atoms with Crippen LogP contribution in [0.15, 0.2) is 0 Å². The lowest BCUT2D eigenvalue weighted by molar-refractivity contribution is -0.303. The van der Waals surface area contributed by atoms with E-state index in [1.54, 1.807) is 0 Å². The third kappa shape index (κ3) is 1.36. The highest BCUT2D eigenvalue weighted by Gasteiger charge is 2.66. The molecular weight excluding hydrogens is 232 g/mol. The molecule has 1 heterocycles. The van der Waals surface area contributed by atoms with Crippen LogP contribution in [0, 0.1) is 23.2 Å². The van der Waals surface area contributed by atoms with E-state index in [1.807, 2.05) is 0 Å². The molecule has 0 amide bonds. The van der Waals surface area contributed by atoms with E-state index < -0.39 is 5.79 Å². The lowest BCUT2D eigenvalue weighted by Crippen LogP contribution is -2.63. The van der Waals surface area contributed by atoms with E-state index in [2.05, 4.69) is 13.8 Å². The topological polar surface area (TPSA) is 44.8 Å². The van der Waals surface area contributed by atoms with Crippen molar-refractivity contribution in [2.75, 3.05) is 20.3 Å². The predicted molar refractivity (Wildman–Crippen MR) is 64.8 cm³/mol. The maximum Gasteiger partial charge on any atom is 0.309 e. The van der Waals surface area contributed by atoms with Crippen LogP contribution in [0.4, 0.5) is 0 Å². The lowest BCUT2D eigenvalue weighted by Gasteiger charge is -2.60. The zero-order chi connectivity index (χ0) is 13.0. The molecular formula is C14H22O4. The Morgan fingerprint density at radius 3 is 2.61 bits per heavy atom. The summed E-state index contributed by atoms with van der Waals surface area (Å²) in [5.74, 6) is 0.0685. The van der Waals surface area contributed by atoms with Crippen LogP contribution < -0.4 is 0 Å². The van der Waals surface area contributed by atoms with E-state index in [9.17, 15) is 4.79 Å². The van der Waals surface area contributed by atoms with Crippen molar-refractivity contribution in [2.45, 2.75) is 38.9 Å². The van der Waals surface area contributed by atoms with Gasteiger partial charge in [0.2, 0.25) is 0 Å². The third-order valence-electron chi connectivity index (χ3n) is 5.73. The molecule has 2 bridgehead atoms. The number of methoxy groups -OCH3 is 1. The molecule has 4 nitrogen and oxygen atoms in total. The number of carbonyl (C=O) groups is 1. The highest BCUT2D eigenvalue weighted by Crippen LogP contribution is 2.63. The van der Waals surface area contributed by atoms with Crippen molar-refractivity contribution in [1.29, 1.82) is 0 Å². The van der Waals surface area contributed by atoms with Crippen molar-refractivity contribution in [3.63, 3.8) is 0 Å².